The molecule has 11 heteroatoms. The summed E-state index contributed by atoms with van der Waals surface area (Å²) in [6.45, 7) is 5.42. The molecule has 7 N–H and O–H groups in total. The molecule has 1 amide bonds. The predicted octanol–water partition coefficient (Wildman–Crippen LogP) is 5.04. The molecule has 0 aromatic carbocycles. The van der Waals surface area contributed by atoms with Crippen molar-refractivity contribution in [1.29, 1.82) is 0 Å². The fourth-order valence-electron chi connectivity index (χ4n) is 7.03. The van der Waals surface area contributed by atoms with E-state index in [2.05, 4.69) is 19.2 Å². The van der Waals surface area contributed by atoms with Gasteiger partial charge in [-0.3, -0.25) is 4.79 Å². The Hall–Kier alpha value is -0.890. The zero-order valence-corrected chi connectivity index (χ0v) is 31.5. The van der Waals surface area contributed by atoms with Gasteiger partial charge >= 0.3 is 0 Å². The first-order valence-electron chi connectivity index (χ1n) is 20.3. The van der Waals surface area contributed by atoms with Gasteiger partial charge in [-0.05, 0) is 19.3 Å². The van der Waals surface area contributed by atoms with Gasteiger partial charge in [-0.1, -0.05) is 136 Å². The second kappa shape index (κ2) is 26.8. The number of nitrogens with one attached hydrogen (secondary N) is 1. The molecule has 0 spiro atoms. The zero-order valence-electron chi connectivity index (χ0n) is 31.5. The number of carbonyl (C=O) groups is 1. The minimum absolute atomic E-state index is 0.266. The van der Waals surface area contributed by atoms with E-state index in [0.717, 1.165) is 58.2 Å². The van der Waals surface area contributed by atoms with Crippen LogP contribution >= 0.6 is 0 Å². The molecule has 0 radical (unpaired) electrons. The number of hydrogen-bond acceptors (Lipinski definition) is 10. The number of aliphatic hydroxyl groups excluding tert-OH is 6. The topological polar surface area (TPSA) is 178 Å². The van der Waals surface area contributed by atoms with Crippen molar-refractivity contribution in [3.05, 3.63) is 0 Å². The van der Waals surface area contributed by atoms with Crippen LogP contribution in [0.5, 0.6) is 0 Å². The summed E-state index contributed by atoms with van der Waals surface area (Å²) in [5.41, 5.74) is 0.395. The van der Waals surface area contributed by atoms with Crippen molar-refractivity contribution < 1.29 is 49.6 Å². The Morgan fingerprint density at radius 1 is 0.760 bits per heavy atom. The monoisotopic (exact) mass is 718 g/mol. The Kier molecular flexibility index (Phi) is 24.3. The highest BCUT2D eigenvalue weighted by Crippen LogP contribution is 2.32. The van der Waals surface area contributed by atoms with Crippen LogP contribution in [0.1, 0.15) is 162 Å². The first-order valence-corrected chi connectivity index (χ1v) is 20.3. The van der Waals surface area contributed by atoms with Crippen LogP contribution in [0.4, 0.5) is 0 Å². The standard InChI is InChI=1S/C39H75NO10/c1-3-4-5-6-7-8-9-10-11-14-17-20-23-31(42)34(44)30(27-49-38-37(47)36(46)35(45)32(26-41)50-38)40-33(43)24-21-18-15-12-13-16-19-22-25-39(2)28-48-29-39/h30-32,34-38,41-42,44-47H,3-29H2,1-2H3,(H,40,43)/t30-,31+,32+,34-,35-,36-,37+,38-/m0/s1. The maximum absolute atomic E-state index is 12.9. The van der Waals surface area contributed by atoms with Crippen LogP contribution in [0.15, 0.2) is 0 Å². The maximum atomic E-state index is 12.9. The highest BCUT2D eigenvalue weighted by molar-refractivity contribution is 5.76. The summed E-state index contributed by atoms with van der Waals surface area (Å²) in [5, 5.41) is 64.9. The van der Waals surface area contributed by atoms with Gasteiger partial charge in [0.15, 0.2) is 6.29 Å². The Balaban J connectivity index is 1.72. The highest BCUT2D eigenvalue weighted by Gasteiger charge is 2.44. The van der Waals surface area contributed by atoms with Gasteiger partial charge in [0, 0.05) is 11.8 Å². The van der Waals surface area contributed by atoms with Gasteiger partial charge in [0.2, 0.25) is 5.91 Å². The summed E-state index contributed by atoms with van der Waals surface area (Å²) in [6.07, 6.45) is 15.3. The normalized spacial score (nSPS) is 25.2. The van der Waals surface area contributed by atoms with Gasteiger partial charge in [0.1, 0.15) is 30.5 Å². The van der Waals surface area contributed by atoms with E-state index in [9.17, 15) is 35.4 Å². The van der Waals surface area contributed by atoms with Crippen LogP contribution in [0.25, 0.3) is 0 Å². The summed E-state index contributed by atoms with van der Waals surface area (Å²) in [7, 11) is 0. The fraction of sp³-hybridized carbons (Fsp3) is 0.974. The molecule has 2 heterocycles. The van der Waals surface area contributed by atoms with E-state index in [-0.39, 0.29) is 18.9 Å². The van der Waals surface area contributed by atoms with Crippen LogP contribution < -0.4 is 5.32 Å². The minimum atomic E-state index is -1.61. The Bertz CT molecular complexity index is 844. The molecule has 11 nitrogen and oxygen atoms in total. The van der Waals surface area contributed by atoms with Crippen molar-refractivity contribution in [1.82, 2.24) is 5.32 Å². The molecule has 8 atom stereocenters. The van der Waals surface area contributed by atoms with Crippen LogP contribution in [-0.4, -0.2) is 112 Å². The van der Waals surface area contributed by atoms with Crippen molar-refractivity contribution in [3.63, 3.8) is 0 Å². The number of unbranched alkanes of at least 4 members (excludes halogenated alkanes) is 18. The molecule has 296 valence electrons. The first-order chi connectivity index (χ1) is 24.1. The quantitative estimate of drug-likeness (QED) is 0.0481. The van der Waals surface area contributed by atoms with Crippen LogP contribution in [0, 0.1) is 5.41 Å². The Morgan fingerprint density at radius 2 is 1.28 bits per heavy atom. The average molecular weight is 718 g/mol. The molecule has 50 heavy (non-hydrogen) atoms. The van der Waals surface area contributed by atoms with E-state index in [4.69, 9.17) is 14.2 Å². The number of ether oxygens (including phenoxy) is 3. The first kappa shape index (κ1) is 45.3. The van der Waals surface area contributed by atoms with Gasteiger partial charge in [-0.2, -0.15) is 0 Å². The molecule has 0 aliphatic carbocycles. The lowest BCUT2D eigenvalue weighted by Gasteiger charge is -2.40. The fourth-order valence-corrected chi connectivity index (χ4v) is 7.03. The van der Waals surface area contributed by atoms with E-state index in [1.54, 1.807) is 0 Å². The maximum Gasteiger partial charge on any atom is 0.220 e. The van der Waals surface area contributed by atoms with Gasteiger partial charge < -0.3 is 50.2 Å². The van der Waals surface area contributed by atoms with E-state index >= 15 is 0 Å². The van der Waals surface area contributed by atoms with E-state index in [0.29, 0.717) is 18.3 Å². The smallest absolute Gasteiger partial charge is 0.220 e. The minimum Gasteiger partial charge on any atom is -0.394 e. The molecule has 2 aliphatic rings. The molecule has 0 unspecified atom stereocenters. The van der Waals surface area contributed by atoms with E-state index < -0.39 is 55.6 Å². The van der Waals surface area contributed by atoms with Crippen molar-refractivity contribution in [2.75, 3.05) is 26.4 Å². The molecule has 0 aromatic heterocycles. The SMILES string of the molecule is CCCCCCCCCCCCCC[C@@H](O)[C@@H](O)[C@H](CO[C@H]1O[C@H](CO)[C@H](O)[C@H](O)[C@H]1O)NC(=O)CCCCCCCCCCC1(C)COC1. The summed E-state index contributed by atoms with van der Waals surface area (Å²) in [4.78, 5) is 12.9. The Labute approximate surface area is 302 Å². The van der Waals surface area contributed by atoms with E-state index in [1.165, 1.54) is 83.5 Å². The summed E-state index contributed by atoms with van der Waals surface area (Å²) < 4.78 is 16.4. The van der Waals surface area contributed by atoms with Gasteiger partial charge in [-0.15, -0.1) is 0 Å². The van der Waals surface area contributed by atoms with E-state index in [1.807, 2.05) is 0 Å². The summed E-state index contributed by atoms with van der Waals surface area (Å²) in [5.74, 6) is -0.266. The highest BCUT2D eigenvalue weighted by atomic mass is 16.7. The van der Waals surface area contributed by atoms with Gasteiger partial charge in [0.25, 0.3) is 0 Å². The van der Waals surface area contributed by atoms with Crippen LogP contribution in [0.3, 0.4) is 0 Å². The number of carbonyl (C=O) groups excluding carboxylic acids is 1. The molecule has 2 fully saturated rings. The van der Waals surface area contributed by atoms with Crippen molar-refractivity contribution in [3.8, 4) is 0 Å². The van der Waals surface area contributed by atoms with Crippen LogP contribution in [0.2, 0.25) is 0 Å². The van der Waals surface area contributed by atoms with Crippen molar-refractivity contribution in [2.45, 2.75) is 210 Å². The molecular weight excluding hydrogens is 642 g/mol. The number of amides is 1. The van der Waals surface area contributed by atoms with Gasteiger partial charge in [0.05, 0.1) is 38.6 Å². The third-order valence-corrected chi connectivity index (χ3v) is 10.6. The van der Waals surface area contributed by atoms with Crippen molar-refractivity contribution in [2.24, 2.45) is 5.41 Å². The lowest BCUT2D eigenvalue weighted by Crippen LogP contribution is -2.60. The lowest BCUT2D eigenvalue weighted by atomic mass is 9.83. The van der Waals surface area contributed by atoms with Crippen LogP contribution in [-0.2, 0) is 19.0 Å². The molecule has 0 bridgehead atoms. The lowest BCUT2D eigenvalue weighted by molar-refractivity contribution is -0.303. The predicted molar refractivity (Wildman–Crippen MR) is 194 cm³/mol. The Morgan fingerprint density at radius 3 is 1.80 bits per heavy atom. The zero-order chi connectivity index (χ0) is 36.6. The molecular formula is C39H75NO10. The molecule has 2 saturated heterocycles. The molecule has 0 aromatic rings. The average Bonchev–Trinajstić information content (AvgIpc) is 3.09. The second-order valence-corrected chi connectivity index (χ2v) is 15.6. The third-order valence-electron chi connectivity index (χ3n) is 10.6. The molecule has 2 aliphatic heterocycles. The number of hydrogen-bond donors (Lipinski definition) is 7. The second-order valence-electron chi connectivity index (χ2n) is 15.6. The summed E-state index contributed by atoms with van der Waals surface area (Å²) >= 11 is 0. The van der Waals surface area contributed by atoms with Crippen molar-refractivity contribution >= 4 is 5.91 Å². The number of aliphatic hydroxyl groups is 6. The molecule has 2 rings (SSSR count). The largest absolute Gasteiger partial charge is 0.394 e. The molecule has 0 saturated carbocycles. The number of rotatable bonds is 31. The van der Waals surface area contributed by atoms with Gasteiger partial charge in [-0.25, -0.2) is 0 Å². The summed E-state index contributed by atoms with van der Waals surface area (Å²) in [6, 6.07) is -0.990. The third kappa shape index (κ3) is 18.2.